The van der Waals surface area contributed by atoms with Crippen molar-refractivity contribution >= 4 is 79.8 Å². The normalized spacial score (nSPS) is 22.4. The number of aromatic nitrogens is 1. The van der Waals surface area contributed by atoms with Crippen molar-refractivity contribution in [2.45, 2.75) is 126 Å². The molecule has 1 fully saturated rings. The average molecular weight is 1050 g/mol. The number of unbranched alkanes of at least 4 members (excludes halogenated alkanes) is 1. The van der Waals surface area contributed by atoms with E-state index in [1.165, 1.54) is 19.1 Å². The van der Waals surface area contributed by atoms with Crippen LogP contribution in [0.25, 0.3) is 10.9 Å². The molecule has 14 N–H and O–H groups in total. The van der Waals surface area contributed by atoms with Gasteiger partial charge < -0.3 is 63.9 Å². The number of aliphatic carboxylic acids is 1. The summed E-state index contributed by atoms with van der Waals surface area (Å²) < 4.78 is -1.26. The number of H-pyrrole nitrogens is 1. The third-order valence-corrected chi connectivity index (χ3v) is 15.6. The number of carboxylic acid groups (broad SMARTS) is 1. The molecule has 3 aromatic carbocycles. The van der Waals surface area contributed by atoms with Crippen LogP contribution in [0.3, 0.4) is 0 Å². The van der Waals surface area contributed by atoms with Gasteiger partial charge in [-0.15, -0.1) is 0 Å². The maximum absolute atomic E-state index is 14.8. The number of carboxylic acids is 1. The maximum Gasteiger partial charge on any atom is 0.326 e. The summed E-state index contributed by atoms with van der Waals surface area (Å²) in [7, 11) is 2.10. The van der Waals surface area contributed by atoms with Gasteiger partial charge in [0.2, 0.25) is 41.4 Å². The molecule has 1 aliphatic rings. The number of aromatic amines is 1. The van der Waals surface area contributed by atoms with Crippen LogP contribution in [0.5, 0.6) is 5.75 Å². The van der Waals surface area contributed by atoms with Gasteiger partial charge in [0, 0.05) is 46.9 Å². The van der Waals surface area contributed by atoms with Crippen LogP contribution in [-0.2, 0) is 57.6 Å². The fourth-order valence-corrected chi connectivity index (χ4v) is 10.9. The zero-order chi connectivity index (χ0) is 53.4. The SMILES string of the molecule is CC(C)[C@H](NC(=O)[C@@H]1CSSC(C)(C)[C@@H](NC(=O)[C@H](C)N)C(=O)N[C@@H](Cc2ccccc2)C(=O)N[C@@H](Cc2c[nH]c3ccccc23)C(=O)N[C@@H](CCCCN)C(=O)N[C@@H](Cc2ccc(O)cc2)C(=O)N1)C(=O)O. The lowest BCUT2D eigenvalue weighted by Gasteiger charge is -2.35. The first-order chi connectivity index (χ1) is 34.7. The maximum atomic E-state index is 14.8. The first-order valence-corrected chi connectivity index (χ1v) is 26.5. The number of fused-ring (bicyclic) bond motifs is 1. The number of carbonyl (C=O) groups excluding carboxylic acids is 7. The van der Waals surface area contributed by atoms with Gasteiger partial charge >= 0.3 is 5.97 Å². The third-order valence-electron chi connectivity index (χ3n) is 12.3. The molecule has 20 nitrogen and oxygen atoms in total. The highest BCUT2D eigenvalue weighted by atomic mass is 33.1. The Morgan fingerprint density at radius 3 is 1.88 bits per heavy atom. The van der Waals surface area contributed by atoms with E-state index in [4.69, 9.17) is 11.5 Å². The van der Waals surface area contributed by atoms with Gasteiger partial charge in [0.1, 0.15) is 48.0 Å². The van der Waals surface area contributed by atoms with Gasteiger partial charge in [-0.05, 0) is 87.4 Å². The number of amides is 7. The average Bonchev–Trinajstić information content (AvgIpc) is 3.76. The summed E-state index contributed by atoms with van der Waals surface area (Å²) in [5.41, 5.74) is 14.4. The zero-order valence-corrected chi connectivity index (χ0v) is 43.2. The minimum Gasteiger partial charge on any atom is -0.508 e. The minimum atomic E-state index is -1.44. The van der Waals surface area contributed by atoms with Crippen molar-refractivity contribution < 1.29 is 48.6 Å². The predicted molar refractivity (Wildman–Crippen MR) is 281 cm³/mol. The van der Waals surface area contributed by atoms with Crippen LogP contribution in [0.4, 0.5) is 0 Å². The van der Waals surface area contributed by atoms with E-state index in [9.17, 15) is 48.6 Å². The van der Waals surface area contributed by atoms with Crippen molar-refractivity contribution in [1.29, 1.82) is 0 Å². The predicted octanol–water partition coefficient (Wildman–Crippen LogP) is 1.69. The number of para-hydroxylation sites is 1. The molecule has 0 aliphatic carbocycles. The Labute approximate surface area is 432 Å². The highest BCUT2D eigenvalue weighted by molar-refractivity contribution is 8.77. The van der Waals surface area contributed by atoms with E-state index in [1.807, 2.05) is 24.3 Å². The fourth-order valence-electron chi connectivity index (χ4n) is 8.05. The van der Waals surface area contributed by atoms with Gasteiger partial charge in [-0.3, -0.25) is 33.6 Å². The van der Waals surface area contributed by atoms with Crippen LogP contribution in [0.15, 0.2) is 85.1 Å². The number of rotatable bonds is 16. The second kappa shape index (κ2) is 26.9. The molecule has 0 radical (unpaired) electrons. The van der Waals surface area contributed by atoms with Crippen molar-refractivity contribution in [3.8, 4) is 5.75 Å². The molecule has 0 bridgehead atoms. The molecular weight excluding hydrogens is 977 g/mol. The Bertz CT molecular complexity index is 2560. The number of nitrogens with two attached hydrogens (primary N) is 2. The number of nitrogens with one attached hydrogen (secondary N) is 8. The molecule has 5 rings (SSSR count). The van der Waals surface area contributed by atoms with Crippen LogP contribution in [0, 0.1) is 5.92 Å². The zero-order valence-electron chi connectivity index (χ0n) is 41.6. The molecule has 1 saturated heterocycles. The molecule has 394 valence electrons. The molecule has 4 aromatic rings. The van der Waals surface area contributed by atoms with Gasteiger partial charge in [-0.2, -0.15) is 0 Å². The Morgan fingerprint density at radius 1 is 0.726 bits per heavy atom. The molecule has 1 aliphatic heterocycles. The van der Waals surface area contributed by atoms with Crippen molar-refractivity contribution in [2.75, 3.05) is 12.3 Å². The standard InChI is InChI=1S/C51H68N10O10S2/c1-28(2)41(50(70)71)60-48(68)40-27-72-73-51(4,5)42(61-43(63)29(3)53)49(69)58-38(23-30-13-7-6-8-14-30)45(65)57-39(25-32-26-54-35-16-10-9-15-34(32)35)47(67)55-36(17-11-12-22-52)44(64)56-37(46(66)59-40)24-31-18-20-33(62)21-19-31/h6-10,13-16,18-21,26,28-29,36-42,54,62H,11-12,17,22-25,27,52-53H2,1-5H3,(H,55,67)(H,56,64)(H,57,65)(H,58,69)(H,59,66)(H,60,68)(H,61,63)(H,70,71)/t29-,36-,37-,38-,39-,40-,41-,42-/m0/s1. The number of phenolic OH excluding ortho intramolecular Hbond substituents is 1. The largest absolute Gasteiger partial charge is 0.508 e. The quantitative estimate of drug-likeness (QED) is 0.0562. The number of phenols is 1. The summed E-state index contributed by atoms with van der Waals surface area (Å²) in [4.78, 5) is 117. The molecule has 73 heavy (non-hydrogen) atoms. The van der Waals surface area contributed by atoms with Crippen molar-refractivity contribution in [2.24, 2.45) is 17.4 Å². The summed E-state index contributed by atoms with van der Waals surface area (Å²) in [6.07, 6.45) is 2.31. The molecule has 0 saturated carbocycles. The molecular formula is C51H68N10O10S2. The van der Waals surface area contributed by atoms with Crippen LogP contribution >= 0.6 is 21.6 Å². The van der Waals surface area contributed by atoms with E-state index in [-0.39, 0.29) is 43.7 Å². The van der Waals surface area contributed by atoms with E-state index < -0.39 is 106 Å². The number of carbonyl (C=O) groups is 8. The lowest BCUT2D eigenvalue weighted by Crippen LogP contribution is -2.63. The van der Waals surface area contributed by atoms with Crippen LogP contribution in [-0.4, -0.2) is 128 Å². The van der Waals surface area contributed by atoms with E-state index in [2.05, 4.69) is 42.2 Å². The highest BCUT2D eigenvalue weighted by Crippen LogP contribution is 2.39. The summed E-state index contributed by atoms with van der Waals surface area (Å²) in [6, 6.07) is 11.5. The Balaban J connectivity index is 1.65. The second-order valence-electron chi connectivity index (χ2n) is 19.0. The minimum absolute atomic E-state index is 0.0487. The highest BCUT2D eigenvalue weighted by Gasteiger charge is 2.41. The third kappa shape index (κ3) is 16.7. The Morgan fingerprint density at radius 2 is 1.27 bits per heavy atom. The lowest BCUT2D eigenvalue weighted by atomic mass is 9.99. The van der Waals surface area contributed by atoms with Crippen LogP contribution in [0.1, 0.15) is 70.6 Å². The van der Waals surface area contributed by atoms with Crippen molar-refractivity contribution in [3.63, 3.8) is 0 Å². The summed E-state index contributed by atoms with van der Waals surface area (Å²) in [5, 5.41) is 40.1. The number of aromatic hydroxyl groups is 1. The van der Waals surface area contributed by atoms with Gasteiger partial charge in [-0.25, -0.2) is 4.79 Å². The first kappa shape index (κ1) is 57.3. The molecule has 0 spiro atoms. The summed E-state index contributed by atoms with van der Waals surface area (Å²) in [6.45, 7) is 8.21. The number of hydrogen-bond acceptors (Lipinski definition) is 13. The van der Waals surface area contributed by atoms with Crippen molar-refractivity contribution in [1.82, 2.24) is 42.2 Å². The van der Waals surface area contributed by atoms with Gasteiger partial charge in [0.25, 0.3) is 0 Å². The molecule has 8 atom stereocenters. The Kier molecular flexibility index (Phi) is 21.1. The summed E-state index contributed by atoms with van der Waals surface area (Å²) in [5.74, 6) is -7.64. The van der Waals surface area contributed by atoms with Gasteiger partial charge in [0.15, 0.2) is 0 Å². The van der Waals surface area contributed by atoms with Crippen LogP contribution < -0.4 is 48.7 Å². The topological polar surface area (TPSA) is 329 Å². The molecule has 0 unspecified atom stereocenters. The monoisotopic (exact) mass is 1040 g/mol. The summed E-state index contributed by atoms with van der Waals surface area (Å²) >= 11 is 0. The second-order valence-corrected chi connectivity index (χ2v) is 22.0. The van der Waals surface area contributed by atoms with E-state index in [1.54, 1.807) is 76.4 Å². The molecule has 22 heteroatoms. The van der Waals surface area contributed by atoms with Crippen molar-refractivity contribution in [3.05, 3.63) is 102 Å². The molecule has 7 amide bonds. The fraction of sp³-hybridized carbons (Fsp3) is 0.451. The molecule has 1 aromatic heterocycles. The van der Waals surface area contributed by atoms with E-state index in [0.29, 0.717) is 29.5 Å². The Hall–Kier alpha value is -6.62. The van der Waals surface area contributed by atoms with E-state index >= 15 is 0 Å². The lowest BCUT2D eigenvalue weighted by molar-refractivity contribution is -0.143. The van der Waals surface area contributed by atoms with Gasteiger partial charge in [0.05, 0.1) is 6.04 Å². The van der Waals surface area contributed by atoms with Crippen LogP contribution in [0.2, 0.25) is 0 Å². The molecule has 2 heterocycles. The number of benzene rings is 3. The van der Waals surface area contributed by atoms with E-state index in [0.717, 1.165) is 32.5 Å². The smallest absolute Gasteiger partial charge is 0.326 e. The first-order valence-electron chi connectivity index (χ1n) is 24.2. The van der Waals surface area contributed by atoms with Gasteiger partial charge in [-0.1, -0.05) is 96.1 Å². The number of hydrogen-bond donors (Lipinski definition) is 12.